The molecule has 0 fully saturated rings. The number of aryl methyl sites for hydroxylation is 1. The quantitative estimate of drug-likeness (QED) is 0.453. The number of thiophene rings is 1. The number of hydrogen-bond acceptors (Lipinski definition) is 8. The first-order chi connectivity index (χ1) is 14.5. The number of carbonyl (C=O) groups is 2. The fourth-order valence-electron chi connectivity index (χ4n) is 3.18. The molecule has 0 spiro atoms. The van der Waals surface area contributed by atoms with E-state index in [-0.39, 0.29) is 17.5 Å². The van der Waals surface area contributed by atoms with Crippen LogP contribution in [-0.2, 0) is 17.6 Å². The van der Waals surface area contributed by atoms with Crippen molar-refractivity contribution in [3.63, 3.8) is 0 Å². The van der Waals surface area contributed by atoms with Gasteiger partial charge in [-0.25, -0.2) is 4.39 Å². The molecule has 0 bridgehead atoms. The van der Waals surface area contributed by atoms with E-state index in [2.05, 4.69) is 20.8 Å². The minimum atomic E-state index is -0.502. The molecule has 1 aliphatic carbocycles. The Morgan fingerprint density at radius 3 is 2.67 bits per heavy atom. The molecule has 1 aromatic carbocycles. The van der Waals surface area contributed by atoms with Gasteiger partial charge in [0.2, 0.25) is 11.0 Å². The number of aromatic nitrogens is 2. The molecule has 11 heteroatoms. The molecule has 2 heterocycles. The second-order valence-electron chi connectivity index (χ2n) is 6.62. The van der Waals surface area contributed by atoms with Gasteiger partial charge >= 0.3 is 0 Å². The number of thioether (sulfide) groups is 1. The summed E-state index contributed by atoms with van der Waals surface area (Å²) in [6.45, 7) is 0. The molecular weight excluding hydrogens is 445 g/mol. The summed E-state index contributed by atoms with van der Waals surface area (Å²) >= 11 is 3.99. The highest BCUT2D eigenvalue weighted by Gasteiger charge is 2.25. The summed E-state index contributed by atoms with van der Waals surface area (Å²) in [5.41, 5.74) is 7.70. The Kier molecular flexibility index (Phi) is 6.30. The average Bonchev–Trinajstić information content (AvgIpc) is 3.32. The highest BCUT2D eigenvalue weighted by molar-refractivity contribution is 8.01. The van der Waals surface area contributed by atoms with Gasteiger partial charge in [0.05, 0.1) is 11.3 Å². The summed E-state index contributed by atoms with van der Waals surface area (Å²) in [6, 6.07) is 5.92. The molecule has 0 atom stereocenters. The monoisotopic (exact) mass is 463 g/mol. The molecule has 0 aliphatic heterocycles. The Morgan fingerprint density at radius 1 is 1.13 bits per heavy atom. The first kappa shape index (κ1) is 20.8. The van der Waals surface area contributed by atoms with E-state index in [4.69, 9.17) is 5.73 Å². The van der Waals surface area contributed by atoms with Crippen LogP contribution >= 0.6 is 34.4 Å². The molecule has 4 N–H and O–H groups in total. The average molecular weight is 464 g/mol. The Hall–Kier alpha value is -2.50. The maximum Gasteiger partial charge on any atom is 0.251 e. The topological polar surface area (TPSA) is 110 Å². The lowest BCUT2D eigenvalue weighted by atomic mass is 9.95. The van der Waals surface area contributed by atoms with Gasteiger partial charge in [0, 0.05) is 10.6 Å². The van der Waals surface area contributed by atoms with Crippen molar-refractivity contribution < 1.29 is 14.0 Å². The third-order valence-electron chi connectivity index (χ3n) is 4.50. The number of primary amides is 1. The fourth-order valence-corrected chi connectivity index (χ4v) is 6.06. The van der Waals surface area contributed by atoms with Crippen molar-refractivity contribution >= 4 is 62.1 Å². The Labute approximate surface area is 184 Å². The number of carbonyl (C=O) groups excluding carboxylic acids is 2. The maximum atomic E-state index is 13.0. The van der Waals surface area contributed by atoms with Gasteiger partial charge in [-0.05, 0) is 55.5 Å². The number of nitrogens with two attached hydrogens (primary N) is 1. The lowest BCUT2D eigenvalue weighted by Crippen LogP contribution is -2.19. The Bertz CT molecular complexity index is 1080. The van der Waals surface area contributed by atoms with Crippen molar-refractivity contribution in [2.45, 2.75) is 30.0 Å². The highest BCUT2D eigenvalue weighted by atomic mass is 32.2. The van der Waals surface area contributed by atoms with Gasteiger partial charge < -0.3 is 16.4 Å². The lowest BCUT2D eigenvalue weighted by Gasteiger charge is -2.11. The number of nitrogens with one attached hydrogen (secondary N) is 2. The molecule has 2 amide bonds. The Balaban J connectivity index is 1.35. The standard InChI is InChI=1S/C19H18FN5O2S3/c20-10-5-7-11(8-6-10)22-18-24-25-19(30-18)28-9-14(26)23-17-15(16(21)27)12-3-1-2-4-13(12)29-17/h5-8H,1-4,9H2,(H2,21,27)(H,22,24)(H,23,26). The molecule has 0 unspecified atom stereocenters. The molecule has 0 saturated carbocycles. The predicted octanol–water partition coefficient (Wildman–Crippen LogP) is 4.19. The number of hydrogen-bond donors (Lipinski definition) is 3. The van der Waals surface area contributed by atoms with Gasteiger partial charge in [-0.3, -0.25) is 9.59 Å². The molecule has 2 aromatic heterocycles. The molecule has 1 aliphatic rings. The van der Waals surface area contributed by atoms with E-state index in [0.29, 0.717) is 25.7 Å². The Morgan fingerprint density at radius 2 is 1.90 bits per heavy atom. The summed E-state index contributed by atoms with van der Waals surface area (Å²) in [6.07, 6.45) is 3.85. The molecule has 156 valence electrons. The van der Waals surface area contributed by atoms with Crippen LogP contribution in [0, 0.1) is 5.82 Å². The second kappa shape index (κ2) is 9.11. The van der Waals surface area contributed by atoms with Crippen LogP contribution in [0.25, 0.3) is 0 Å². The molecule has 0 saturated heterocycles. The number of anilines is 3. The summed E-state index contributed by atoms with van der Waals surface area (Å²) in [4.78, 5) is 25.5. The van der Waals surface area contributed by atoms with Crippen molar-refractivity contribution in [2.24, 2.45) is 5.73 Å². The molecule has 3 aromatic rings. The number of fused-ring (bicyclic) bond motifs is 1. The summed E-state index contributed by atoms with van der Waals surface area (Å²) in [5, 5.41) is 15.0. The summed E-state index contributed by atoms with van der Waals surface area (Å²) < 4.78 is 13.6. The number of benzene rings is 1. The minimum absolute atomic E-state index is 0.131. The molecule has 30 heavy (non-hydrogen) atoms. The number of rotatable bonds is 7. The first-order valence-electron chi connectivity index (χ1n) is 9.22. The van der Waals surface area contributed by atoms with Crippen LogP contribution < -0.4 is 16.4 Å². The molecule has 4 rings (SSSR count). The fraction of sp³-hybridized carbons (Fsp3) is 0.263. The van der Waals surface area contributed by atoms with E-state index in [1.165, 1.54) is 46.6 Å². The van der Waals surface area contributed by atoms with Crippen LogP contribution in [0.1, 0.15) is 33.6 Å². The minimum Gasteiger partial charge on any atom is -0.365 e. The third kappa shape index (κ3) is 4.79. The van der Waals surface area contributed by atoms with Crippen molar-refractivity contribution in [1.29, 1.82) is 0 Å². The van der Waals surface area contributed by atoms with Gasteiger partial charge in [-0.15, -0.1) is 21.5 Å². The first-order valence-corrected chi connectivity index (χ1v) is 11.8. The van der Waals surface area contributed by atoms with Crippen LogP contribution in [0.15, 0.2) is 28.6 Å². The SMILES string of the molecule is NC(=O)c1c(NC(=O)CSc2nnc(Nc3ccc(F)cc3)s2)sc2c1CCCC2. The largest absolute Gasteiger partial charge is 0.365 e. The second-order valence-corrected chi connectivity index (χ2v) is 9.93. The van der Waals surface area contributed by atoms with Crippen LogP contribution in [-0.4, -0.2) is 27.8 Å². The van der Waals surface area contributed by atoms with E-state index < -0.39 is 5.91 Å². The van der Waals surface area contributed by atoms with Crippen molar-refractivity contribution in [2.75, 3.05) is 16.4 Å². The third-order valence-corrected chi connectivity index (χ3v) is 7.68. The van der Waals surface area contributed by atoms with Crippen LogP contribution in [0.3, 0.4) is 0 Å². The predicted molar refractivity (Wildman–Crippen MR) is 118 cm³/mol. The normalized spacial score (nSPS) is 13.0. The van der Waals surface area contributed by atoms with Gasteiger partial charge in [-0.1, -0.05) is 23.1 Å². The van der Waals surface area contributed by atoms with E-state index in [1.54, 1.807) is 12.1 Å². The van der Waals surface area contributed by atoms with Crippen LogP contribution in [0.4, 0.5) is 20.2 Å². The molecular formula is C19H18FN5O2S3. The van der Waals surface area contributed by atoms with Gasteiger partial charge in [0.25, 0.3) is 5.91 Å². The lowest BCUT2D eigenvalue weighted by molar-refractivity contribution is -0.113. The van der Waals surface area contributed by atoms with E-state index in [0.717, 1.165) is 36.1 Å². The van der Waals surface area contributed by atoms with Crippen molar-refractivity contribution in [3.05, 3.63) is 46.1 Å². The van der Waals surface area contributed by atoms with Crippen LogP contribution in [0.2, 0.25) is 0 Å². The van der Waals surface area contributed by atoms with Crippen LogP contribution in [0.5, 0.6) is 0 Å². The van der Waals surface area contributed by atoms with Crippen molar-refractivity contribution in [1.82, 2.24) is 10.2 Å². The zero-order valence-electron chi connectivity index (χ0n) is 15.7. The highest BCUT2D eigenvalue weighted by Crippen LogP contribution is 2.38. The van der Waals surface area contributed by atoms with E-state index in [1.807, 2.05) is 0 Å². The number of halogens is 1. The van der Waals surface area contributed by atoms with E-state index >= 15 is 0 Å². The van der Waals surface area contributed by atoms with Gasteiger partial charge in [-0.2, -0.15) is 0 Å². The maximum absolute atomic E-state index is 13.0. The van der Waals surface area contributed by atoms with Crippen molar-refractivity contribution in [3.8, 4) is 0 Å². The van der Waals surface area contributed by atoms with Gasteiger partial charge in [0.1, 0.15) is 10.8 Å². The van der Waals surface area contributed by atoms with Gasteiger partial charge in [0.15, 0.2) is 4.34 Å². The summed E-state index contributed by atoms with van der Waals surface area (Å²) in [7, 11) is 0. The number of amides is 2. The summed E-state index contributed by atoms with van der Waals surface area (Å²) in [5.74, 6) is -0.917. The smallest absolute Gasteiger partial charge is 0.251 e. The molecule has 7 nitrogen and oxygen atoms in total. The zero-order valence-corrected chi connectivity index (χ0v) is 18.2. The zero-order chi connectivity index (χ0) is 21.1. The van der Waals surface area contributed by atoms with E-state index in [9.17, 15) is 14.0 Å². The number of nitrogens with zero attached hydrogens (tertiary/aromatic N) is 2. The molecule has 0 radical (unpaired) electrons.